The quantitative estimate of drug-likeness (QED) is 0.264. The summed E-state index contributed by atoms with van der Waals surface area (Å²) >= 11 is 0. The summed E-state index contributed by atoms with van der Waals surface area (Å²) in [6.45, 7) is 1.96. The monoisotopic (exact) mass is 497 g/mol. The van der Waals surface area contributed by atoms with Gasteiger partial charge in [-0.25, -0.2) is 4.79 Å². The molecule has 1 saturated carbocycles. The van der Waals surface area contributed by atoms with Gasteiger partial charge in [0.2, 0.25) is 5.91 Å². The van der Waals surface area contributed by atoms with E-state index < -0.39 is 41.6 Å². The number of nitrogens with zero attached hydrogens (tertiary/aromatic N) is 1. The Bertz CT molecular complexity index is 1350. The maximum Gasteiger partial charge on any atom is 0.416 e. The summed E-state index contributed by atoms with van der Waals surface area (Å²) in [5, 5.41) is 13.1. The average Bonchev–Trinajstić information content (AvgIpc) is 3.65. The van der Waals surface area contributed by atoms with Crippen molar-refractivity contribution in [3.05, 3.63) is 77.1 Å². The maximum atomic E-state index is 13.1. The summed E-state index contributed by atoms with van der Waals surface area (Å²) in [5.74, 6) is -0.925. The minimum atomic E-state index is -4.71. The summed E-state index contributed by atoms with van der Waals surface area (Å²) in [6.07, 6.45) is -2.85. The number of carbonyl (C=O) groups excluding carboxylic acids is 2. The van der Waals surface area contributed by atoms with Gasteiger partial charge in [-0.2, -0.15) is 13.2 Å². The second-order valence-corrected chi connectivity index (χ2v) is 8.62. The van der Waals surface area contributed by atoms with Gasteiger partial charge in [0.1, 0.15) is 0 Å². The van der Waals surface area contributed by atoms with Gasteiger partial charge >= 0.3 is 12.3 Å². The zero-order valence-electron chi connectivity index (χ0n) is 19.1. The number of nitrogens with one attached hydrogen (secondary N) is 2. The number of hydrogen-bond donors (Lipinski definition) is 3. The van der Waals surface area contributed by atoms with Crippen LogP contribution in [0.25, 0.3) is 11.1 Å². The maximum absolute atomic E-state index is 13.1. The molecule has 1 fully saturated rings. The van der Waals surface area contributed by atoms with Crippen LogP contribution in [-0.2, 0) is 11.0 Å². The van der Waals surface area contributed by atoms with Gasteiger partial charge in [0.05, 0.1) is 23.4 Å². The third-order valence-electron chi connectivity index (χ3n) is 5.81. The highest BCUT2D eigenvalue weighted by Gasteiger charge is 2.31. The van der Waals surface area contributed by atoms with Crippen LogP contribution in [0.1, 0.15) is 52.4 Å². The van der Waals surface area contributed by atoms with Crippen molar-refractivity contribution in [3.63, 3.8) is 0 Å². The minimum absolute atomic E-state index is 0.251. The van der Waals surface area contributed by atoms with Crippen LogP contribution < -0.4 is 10.6 Å². The van der Waals surface area contributed by atoms with Crippen LogP contribution >= 0.6 is 0 Å². The fourth-order valence-electron chi connectivity index (χ4n) is 3.83. The molecule has 7 nitrogen and oxygen atoms in total. The molecule has 2 aromatic carbocycles. The highest BCUT2D eigenvalue weighted by molar-refractivity contribution is 6.12. The number of alkyl halides is 3. The van der Waals surface area contributed by atoms with E-state index >= 15 is 0 Å². The lowest BCUT2D eigenvalue weighted by molar-refractivity contribution is -0.137. The number of anilines is 2. The number of hydrogen-bond acceptors (Lipinski definition) is 4. The summed E-state index contributed by atoms with van der Waals surface area (Å²) in [7, 11) is 0. The Morgan fingerprint density at radius 2 is 1.78 bits per heavy atom. The molecule has 0 radical (unpaired) electrons. The predicted octanol–water partition coefficient (Wildman–Crippen LogP) is 6.25. The molecule has 10 heteroatoms. The van der Waals surface area contributed by atoms with E-state index in [0.29, 0.717) is 18.1 Å². The summed E-state index contributed by atoms with van der Waals surface area (Å²) in [6, 6.07) is 10.9. The molecule has 1 aliphatic carbocycles. The molecule has 3 N–H and O–H groups in total. The standard InChI is InChI=1S/C26H22F3N3O4/c1-14-9-21(15-5-6-15)30-13-19(14)16-3-2-4-17(10-16)23(33)12-24(34)31-22-11-18(26(27,28)29)7-8-20(22)32-25(35)36/h2-4,7-11,13,15,32H,5-6,12H2,1H3,(H,31,34)(H,35,36). The number of halogens is 3. The van der Waals surface area contributed by atoms with Gasteiger partial charge in [-0.05, 0) is 61.2 Å². The Balaban J connectivity index is 1.50. The van der Waals surface area contributed by atoms with Crippen molar-refractivity contribution in [1.82, 2.24) is 4.98 Å². The predicted molar refractivity (Wildman–Crippen MR) is 127 cm³/mol. The Kier molecular flexibility index (Phi) is 6.78. The molecule has 2 amide bonds. The van der Waals surface area contributed by atoms with Crippen LogP contribution in [0.5, 0.6) is 0 Å². The van der Waals surface area contributed by atoms with Crippen LogP contribution in [0, 0.1) is 6.92 Å². The second-order valence-electron chi connectivity index (χ2n) is 8.62. The molecule has 0 atom stereocenters. The third-order valence-corrected chi connectivity index (χ3v) is 5.81. The first-order chi connectivity index (χ1) is 17.0. The Labute approximate surface area is 204 Å². The van der Waals surface area contributed by atoms with Crippen molar-refractivity contribution in [1.29, 1.82) is 0 Å². The van der Waals surface area contributed by atoms with Crippen molar-refractivity contribution >= 4 is 29.2 Å². The number of ketones is 1. The zero-order valence-corrected chi connectivity index (χ0v) is 19.1. The number of carboxylic acid groups (broad SMARTS) is 1. The fraction of sp³-hybridized carbons (Fsp3) is 0.231. The van der Waals surface area contributed by atoms with Crippen molar-refractivity contribution in [2.75, 3.05) is 10.6 Å². The van der Waals surface area contributed by atoms with E-state index in [2.05, 4.69) is 10.3 Å². The van der Waals surface area contributed by atoms with Crippen LogP contribution in [0.4, 0.5) is 29.3 Å². The van der Waals surface area contributed by atoms with Gasteiger partial charge in [0, 0.05) is 28.9 Å². The van der Waals surface area contributed by atoms with E-state index in [0.717, 1.165) is 41.3 Å². The van der Waals surface area contributed by atoms with E-state index in [4.69, 9.17) is 5.11 Å². The van der Waals surface area contributed by atoms with Gasteiger partial charge < -0.3 is 10.4 Å². The van der Waals surface area contributed by atoms with E-state index in [1.807, 2.05) is 24.4 Å². The molecule has 0 aliphatic heterocycles. The van der Waals surface area contributed by atoms with Crippen molar-refractivity contribution in [3.8, 4) is 11.1 Å². The first-order valence-corrected chi connectivity index (χ1v) is 11.1. The molecule has 1 aromatic heterocycles. The van der Waals surface area contributed by atoms with Gasteiger partial charge in [-0.1, -0.05) is 18.2 Å². The highest BCUT2D eigenvalue weighted by Crippen LogP contribution is 2.40. The first-order valence-electron chi connectivity index (χ1n) is 11.1. The van der Waals surface area contributed by atoms with Gasteiger partial charge in [-0.3, -0.25) is 19.9 Å². The van der Waals surface area contributed by atoms with Crippen molar-refractivity contribution < 1.29 is 32.7 Å². The number of carbonyl (C=O) groups is 3. The van der Waals surface area contributed by atoms with Crippen molar-refractivity contribution in [2.24, 2.45) is 0 Å². The molecule has 186 valence electrons. The number of pyridine rings is 1. The minimum Gasteiger partial charge on any atom is -0.465 e. The third kappa shape index (κ3) is 5.88. The number of aromatic nitrogens is 1. The molecule has 1 aliphatic rings. The number of aryl methyl sites for hydroxylation is 1. The Morgan fingerprint density at radius 1 is 1.03 bits per heavy atom. The molecule has 1 heterocycles. The lowest BCUT2D eigenvalue weighted by Gasteiger charge is -2.14. The fourth-order valence-corrected chi connectivity index (χ4v) is 3.83. The van der Waals surface area contributed by atoms with E-state index in [-0.39, 0.29) is 11.3 Å². The molecular formula is C26H22F3N3O4. The van der Waals surface area contributed by atoms with Crippen LogP contribution in [0.15, 0.2) is 54.7 Å². The molecule has 0 bridgehead atoms. The number of Topliss-reactive ketones (excluding diaryl/α,β-unsaturated/α-hetero) is 1. The number of rotatable bonds is 7. The molecule has 4 rings (SSSR count). The smallest absolute Gasteiger partial charge is 0.416 e. The van der Waals surface area contributed by atoms with E-state index in [1.54, 1.807) is 24.4 Å². The van der Waals surface area contributed by atoms with Gasteiger partial charge in [0.15, 0.2) is 5.78 Å². The SMILES string of the molecule is Cc1cc(C2CC2)ncc1-c1cccc(C(=O)CC(=O)Nc2cc(C(F)(F)F)ccc2NC(=O)O)c1. The van der Waals surface area contributed by atoms with Crippen molar-refractivity contribution in [2.45, 2.75) is 38.3 Å². The normalized spacial score (nSPS) is 13.2. The summed E-state index contributed by atoms with van der Waals surface area (Å²) in [5.41, 5.74) is 2.17. The van der Waals surface area contributed by atoms with Gasteiger partial charge in [-0.15, -0.1) is 0 Å². The topological polar surface area (TPSA) is 108 Å². The molecule has 0 unspecified atom stereocenters. The van der Waals surface area contributed by atoms with Crippen LogP contribution in [0.3, 0.4) is 0 Å². The summed E-state index contributed by atoms with van der Waals surface area (Å²) in [4.78, 5) is 40.8. The molecule has 0 saturated heterocycles. The second kappa shape index (κ2) is 9.80. The first kappa shape index (κ1) is 24.9. The van der Waals surface area contributed by atoms with Crippen LogP contribution in [0.2, 0.25) is 0 Å². The van der Waals surface area contributed by atoms with E-state index in [9.17, 15) is 27.6 Å². The highest BCUT2D eigenvalue weighted by atomic mass is 19.4. The lowest BCUT2D eigenvalue weighted by Crippen LogP contribution is -2.19. The van der Waals surface area contributed by atoms with E-state index in [1.165, 1.54) is 0 Å². The molecule has 36 heavy (non-hydrogen) atoms. The number of benzene rings is 2. The lowest BCUT2D eigenvalue weighted by atomic mass is 9.97. The Morgan fingerprint density at radius 3 is 2.42 bits per heavy atom. The zero-order chi connectivity index (χ0) is 26.0. The summed E-state index contributed by atoms with van der Waals surface area (Å²) < 4.78 is 39.3. The van der Waals surface area contributed by atoms with Gasteiger partial charge in [0.25, 0.3) is 0 Å². The van der Waals surface area contributed by atoms with Crippen LogP contribution in [-0.4, -0.2) is 27.9 Å². The average molecular weight is 497 g/mol. The molecule has 3 aromatic rings. The largest absolute Gasteiger partial charge is 0.465 e. The molecular weight excluding hydrogens is 475 g/mol. The number of amides is 2. The Hall–Kier alpha value is -4.21. The molecule has 0 spiro atoms.